The van der Waals surface area contributed by atoms with Gasteiger partial charge in [0, 0.05) is 27.4 Å². The monoisotopic (exact) mass is 397 g/mol. The molecule has 0 bridgehead atoms. The van der Waals surface area contributed by atoms with E-state index in [1.54, 1.807) is 0 Å². The highest BCUT2D eigenvalue weighted by molar-refractivity contribution is 9.11. The zero-order valence-corrected chi connectivity index (χ0v) is 15.7. The van der Waals surface area contributed by atoms with Crippen molar-refractivity contribution in [1.29, 1.82) is 0 Å². The van der Waals surface area contributed by atoms with Crippen LogP contribution in [-0.4, -0.2) is 18.5 Å². The first-order valence-corrected chi connectivity index (χ1v) is 8.16. The van der Waals surface area contributed by atoms with E-state index in [1.165, 1.54) is 5.56 Å². The Bertz CT molecular complexity index is 510. The molecule has 0 aliphatic heterocycles. The van der Waals surface area contributed by atoms with Crippen molar-refractivity contribution in [3.63, 3.8) is 0 Å². The van der Waals surface area contributed by atoms with Crippen LogP contribution in [0.25, 0.3) is 0 Å². The van der Waals surface area contributed by atoms with Crippen LogP contribution in [0.5, 0.6) is 0 Å². The molecule has 0 fully saturated rings. The Morgan fingerprint density at radius 3 is 2.30 bits per heavy atom. The Kier molecular flexibility index (Phi) is 7.02. The second-order valence-corrected chi connectivity index (χ2v) is 7.73. The smallest absolute Gasteiger partial charge is 0.0234 e. The third-order valence-corrected chi connectivity index (χ3v) is 3.36. The molecule has 3 heteroatoms. The normalized spacial score (nSPS) is 11.8. The summed E-state index contributed by atoms with van der Waals surface area (Å²) in [5, 5.41) is 0. The van der Waals surface area contributed by atoms with Crippen LogP contribution in [0.3, 0.4) is 0 Å². The van der Waals surface area contributed by atoms with E-state index < -0.39 is 0 Å². The van der Waals surface area contributed by atoms with E-state index in [2.05, 4.69) is 94.6 Å². The molecule has 20 heavy (non-hydrogen) atoms. The third-order valence-electron chi connectivity index (χ3n) is 2.44. The van der Waals surface area contributed by atoms with Crippen molar-refractivity contribution in [2.24, 2.45) is 5.41 Å². The van der Waals surface area contributed by atoms with E-state index in [-0.39, 0.29) is 5.41 Å². The summed E-state index contributed by atoms with van der Waals surface area (Å²) >= 11 is 7.03. The van der Waals surface area contributed by atoms with Crippen molar-refractivity contribution in [2.45, 2.75) is 27.3 Å². The zero-order chi connectivity index (χ0) is 15.2. The number of likely N-dealkylation sites (N-methyl/N-ethyl adjacent to an activating group) is 1. The molecule has 0 spiro atoms. The number of allylic oxidation sites excluding steroid dienone is 1. The quantitative estimate of drug-likeness (QED) is 0.626. The van der Waals surface area contributed by atoms with Crippen molar-refractivity contribution >= 4 is 31.9 Å². The van der Waals surface area contributed by atoms with Gasteiger partial charge in [0.2, 0.25) is 0 Å². The molecule has 0 N–H and O–H groups in total. The van der Waals surface area contributed by atoms with E-state index >= 15 is 0 Å². The average Bonchev–Trinajstić information content (AvgIpc) is 2.25. The van der Waals surface area contributed by atoms with Gasteiger partial charge in [-0.05, 0) is 57.7 Å². The van der Waals surface area contributed by atoms with E-state index in [4.69, 9.17) is 0 Å². The maximum atomic E-state index is 3.51. The molecule has 108 valence electrons. The Labute approximate surface area is 139 Å². The Morgan fingerprint density at radius 2 is 1.75 bits per heavy atom. The fourth-order valence-electron chi connectivity index (χ4n) is 1.63. The van der Waals surface area contributed by atoms with Crippen LogP contribution in [0.2, 0.25) is 0 Å². The number of rotatable bonds is 4. The third kappa shape index (κ3) is 7.89. The van der Waals surface area contributed by atoms with Crippen LogP contribution in [0.1, 0.15) is 26.3 Å². The molecule has 0 saturated carbocycles. The topological polar surface area (TPSA) is 3.24 Å². The second-order valence-electron chi connectivity index (χ2n) is 5.90. The molecule has 0 aliphatic carbocycles. The summed E-state index contributed by atoms with van der Waals surface area (Å²) in [4.78, 5) is 2.25. The van der Waals surface area contributed by atoms with E-state index in [1.807, 2.05) is 12.1 Å². The first-order valence-electron chi connectivity index (χ1n) is 6.57. The van der Waals surface area contributed by atoms with Crippen molar-refractivity contribution < 1.29 is 0 Å². The molecule has 0 unspecified atom stereocenters. The lowest BCUT2D eigenvalue weighted by atomic mass is 9.98. The molecule has 0 amide bonds. The molecule has 1 nitrogen and oxygen atoms in total. The number of hydrogen-bond donors (Lipinski definition) is 0. The minimum atomic E-state index is 0.0683. The molecule has 0 aromatic heterocycles. The molecular formula is C17H21Br2N. The number of nitrogens with zero attached hydrogens (tertiary/aromatic N) is 1. The maximum Gasteiger partial charge on any atom is 0.0234 e. The minimum absolute atomic E-state index is 0.0683. The Balaban J connectivity index is 2.49. The molecule has 0 heterocycles. The summed E-state index contributed by atoms with van der Waals surface area (Å²) in [5.41, 5.74) is 1.35. The van der Waals surface area contributed by atoms with Gasteiger partial charge in [0.1, 0.15) is 0 Å². The van der Waals surface area contributed by atoms with Gasteiger partial charge in [-0.2, -0.15) is 0 Å². The van der Waals surface area contributed by atoms with Crippen molar-refractivity contribution in [3.05, 3.63) is 44.9 Å². The number of halogens is 2. The van der Waals surface area contributed by atoms with Gasteiger partial charge in [0.15, 0.2) is 0 Å². The lowest BCUT2D eigenvalue weighted by molar-refractivity contribution is 0.363. The molecule has 0 saturated heterocycles. The molecule has 0 aliphatic rings. The van der Waals surface area contributed by atoms with Crippen molar-refractivity contribution in [2.75, 3.05) is 13.6 Å². The summed E-state index contributed by atoms with van der Waals surface area (Å²) in [6.45, 7) is 8.15. The lowest BCUT2D eigenvalue weighted by Crippen LogP contribution is -2.17. The van der Waals surface area contributed by atoms with Crippen molar-refractivity contribution in [3.8, 4) is 11.8 Å². The largest absolute Gasteiger partial charge is 0.298 e. The Hall–Kier alpha value is -0.560. The maximum absolute atomic E-state index is 3.51. The second kappa shape index (κ2) is 8.02. The molecule has 0 radical (unpaired) electrons. The Morgan fingerprint density at radius 1 is 1.15 bits per heavy atom. The molecule has 1 rings (SSSR count). The van der Waals surface area contributed by atoms with Crippen LogP contribution in [-0.2, 0) is 6.54 Å². The first kappa shape index (κ1) is 17.5. The molecule has 1 aromatic carbocycles. The highest BCUT2D eigenvalue weighted by atomic mass is 79.9. The van der Waals surface area contributed by atoms with Gasteiger partial charge in [0.05, 0.1) is 0 Å². The van der Waals surface area contributed by atoms with Crippen LogP contribution >= 0.6 is 31.9 Å². The van der Waals surface area contributed by atoms with Gasteiger partial charge in [-0.15, -0.1) is 0 Å². The zero-order valence-electron chi connectivity index (χ0n) is 12.5. The van der Waals surface area contributed by atoms with Gasteiger partial charge in [-0.25, -0.2) is 0 Å². The number of benzene rings is 1. The molecule has 0 atom stereocenters. The summed E-state index contributed by atoms with van der Waals surface area (Å²) in [6.07, 6.45) is 4.05. The fraction of sp³-hybridized carbons (Fsp3) is 0.412. The van der Waals surface area contributed by atoms with Crippen molar-refractivity contribution in [1.82, 2.24) is 4.90 Å². The van der Waals surface area contributed by atoms with Gasteiger partial charge < -0.3 is 0 Å². The lowest BCUT2D eigenvalue weighted by Gasteiger charge is -2.14. The van der Waals surface area contributed by atoms with Gasteiger partial charge in [-0.1, -0.05) is 49.8 Å². The van der Waals surface area contributed by atoms with E-state index in [0.717, 1.165) is 22.0 Å². The van der Waals surface area contributed by atoms with Gasteiger partial charge in [-0.3, -0.25) is 4.90 Å². The van der Waals surface area contributed by atoms with E-state index in [9.17, 15) is 0 Å². The highest BCUT2D eigenvalue weighted by Crippen LogP contribution is 2.20. The van der Waals surface area contributed by atoms with Gasteiger partial charge in [0.25, 0.3) is 0 Å². The average molecular weight is 399 g/mol. The van der Waals surface area contributed by atoms with Crippen LogP contribution in [0.15, 0.2) is 39.3 Å². The van der Waals surface area contributed by atoms with Crippen LogP contribution in [0, 0.1) is 17.3 Å². The first-order chi connectivity index (χ1) is 9.26. The van der Waals surface area contributed by atoms with E-state index in [0.29, 0.717) is 0 Å². The van der Waals surface area contributed by atoms with Crippen LogP contribution < -0.4 is 0 Å². The molecule has 1 aromatic rings. The highest BCUT2D eigenvalue weighted by Gasteiger charge is 2.03. The summed E-state index contributed by atoms with van der Waals surface area (Å²) < 4.78 is 2.20. The predicted molar refractivity (Wildman–Crippen MR) is 94.5 cm³/mol. The summed E-state index contributed by atoms with van der Waals surface area (Å²) in [5.74, 6) is 6.28. The van der Waals surface area contributed by atoms with Gasteiger partial charge >= 0.3 is 0 Å². The fourth-order valence-corrected chi connectivity index (χ4v) is 3.02. The summed E-state index contributed by atoms with van der Waals surface area (Å²) in [7, 11) is 2.11. The SMILES string of the molecule is CN(C/C=C/C#CC(C)(C)C)Cc1cc(Br)cc(Br)c1. The standard InChI is InChI=1S/C17H21Br2N/c1-17(2,3)8-6-5-7-9-20(4)13-14-10-15(18)12-16(19)11-14/h5,7,10-12H,9,13H2,1-4H3/b7-5+. The minimum Gasteiger partial charge on any atom is -0.298 e. The van der Waals surface area contributed by atoms with Crippen LogP contribution in [0.4, 0.5) is 0 Å². The molecular weight excluding hydrogens is 378 g/mol. The predicted octanol–water partition coefficient (Wildman–Crippen LogP) is 5.25. The summed E-state index contributed by atoms with van der Waals surface area (Å²) in [6, 6.07) is 6.33. The number of hydrogen-bond acceptors (Lipinski definition) is 1.